The number of benzene rings is 3. The van der Waals surface area contributed by atoms with E-state index in [-0.39, 0.29) is 0 Å². The molecule has 0 saturated carbocycles. The van der Waals surface area contributed by atoms with Gasteiger partial charge in [0.25, 0.3) is 0 Å². The highest BCUT2D eigenvalue weighted by atomic mass is 19.1. The molecule has 3 rings (SSSR count). The molecule has 0 spiro atoms. The summed E-state index contributed by atoms with van der Waals surface area (Å²) in [4.78, 5) is 2.09. The predicted molar refractivity (Wildman–Crippen MR) is 120 cm³/mol. The zero-order valence-corrected chi connectivity index (χ0v) is 17.1. The molecule has 0 N–H and O–H groups in total. The topological polar surface area (TPSA) is 12.5 Å². The SMILES string of the molecule is CN(C)CCOc1ccc(C(=C(CCF)c2ccccc2)c2ccccc2)cc1. The lowest BCUT2D eigenvalue weighted by atomic mass is 9.88. The van der Waals surface area contributed by atoms with Gasteiger partial charge in [0.05, 0.1) is 6.67 Å². The van der Waals surface area contributed by atoms with Crippen LogP contribution in [0.2, 0.25) is 0 Å². The Balaban J connectivity index is 2.02. The van der Waals surface area contributed by atoms with Crippen LogP contribution in [0.3, 0.4) is 0 Å². The highest BCUT2D eigenvalue weighted by molar-refractivity contribution is 5.98. The van der Waals surface area contributed by atoms with Crippen molar-refractivity contribution in [2.24, 2.45) is 0 Å². The summed E-state index contributed by atoms with van der Waals surface area (Å²) in [6, 6.07) is 28.4. The number of halogens is 1. The van der Waals surface area contributed by atoms with Crippen molar-refractivity contribution in [3.63, 3.8) is 0 Å². The third-order valence-electron chi connectivity index (χ3n) is 4.78. The minimum atomic E-state index is -0.397. The number of hydrogen-bond donors (Lipinski definition) is 0. The Labute approximate surface area is 173 Å². The molecule has 150 valence electrons. The second kappa shape index (κ2) is 10.6. The molecule has 2 nitrogen and oxygen atoms in total. The Bertz CT molecular complexity index is 902. The van der Waals surface area contributed by atoms with E-state index in [0.717, 1.165) is 40.1 Å². The van der Waals surface area contributed by atoms with Crippen molar-refractivity contribution >= 4 is 11.1 Å². The number of alkyl halides is 1. The molecule has 0 aliphatic carbocycles. The molecule has 0 unspecified atom stereocenters. The Morgan fingerprint density at radius 3 is 1.86 bits per heavy atom. The van der Waals surface area contributed by atoms with Crippen LogP contribution in [0, 0.1) is 0 Å². The van der Waals surface area contributed by atoms with Crippen molar-refractivity contribution in [3.8, 4) is 5.75 Å². The van der Waals surface area contributed by atoms with Crippen molar-refractivity contribution in [2.75, 3.05) is 33.9 Å². The molecule has 3 heteroatoms. The van der Waals surface area contributed by atoms with Crippen LogP contribution in [-0.2, 0) is 0 Å². The normalized spacial score (nSPS) is 12.0. The van der Waals surface area contributed by atoms with Gasteiger partial charge in [-0.15, -0.1) is 0 Å². The largest absolute Gasteiger partial charge is 0.492 e. The van der Waals surface area contributed by atoms with Gasteiger partial charge < -0.3 is 9.64 Å². The molecule has 0 aliphatic rings. The maximum Gasteiger partial charge on any atom is 0.119 e. The summed E-state index contributed by atoms with van der Waals surface area (Å²) in [7, 11) is 4.05. The predicted octanol–water partition coefficient (Wildman–Crippen LogP) is 5.95. The van der Waals surface area contributed by atoms with Gasteiger partial charge in [-0.2, -0.15) is 0 Å². The smallest absolute Gasteiger partial charge is 0.119 e. The number of ether oxygens (including phenoxy) is 1. The minimum absolute atomic E-state index is 0.370. The van der Waals surface area contributed by atoms with E-state index in [2.05, 4.69) is 29.2 Å². The first-order chi connectivity index (χ1) is 14.2. The van der Waals surface area contributed by atoms with Gasteiger partial charge in [-0.3, -0.25) is 4.39 Å². The van der Waals surface area contributed by atoms with Crippen LogP contribution >= 0.6 is 0 Å². The van der Waals surface area contributed by atoms with Crippen molar-refractivity contribution in [1.82, 2.24) is 4.90 Å². The zero-order valence-electron chi connectivity index (χ0n) is 17.1. The Morgan fingerprint density at radius 1 is 0.759 bits per heavy atom. The molecule has 3 aromatic rings. The fraction of sp³-hybridized carbons (Fsp3) is 0.231. The summed E-state index contributed by atoms with van der Waals surface area (Å²) in [6.07, 6.45) is 0.370. The highest BCUT2D eigenvalue weighted by Gasteiger charge is 2.14. The molecule has 0 bridgehead atoms. The first-order valence-corrected chi connectivity index (χ1v) is 9.97. The van der Waals surface area contributed by atoms with E-state index in [1.807, 2.05) is 74.8 Å². The second-order valence-corrected chi connectivity index (χ2v) is 7.20. The van der Waals surface area contributed by atoms with E-state index in [4.69, 9.17) is 4.74 Å². The molecule has 29 heavy (non-hydrogen) atoms. The summed E-state index contributed by atoms with van der Waals surface area (Å²) in [5, 5.41) is 0. The third kappa shape index (κ3) is 5.78. The van der Waals surface area contributed by atoms with E-state index in [1.54, 1.807) is 0 Å². The van der Waals surface area contributed by atoms with Crippen LogP contribution in [0.5, 0.6) is 5.75 Å². The van der Waals surface area contributed by atoms with Crippen molar-refractivity contribution < 1.29 is 9.13 Å². The van der Waals surface area contributed by atoms with Crippen LogP contribution in [-0.4, -0.2) is 38.8 Å². The van der Waals surface area contributed by atoms with E-state index in [0.29, 0.717) is 13.0 Å². The van der Waals surface area contributed by atoms with Crippen LogP contribution < -0.4 is 4.74 Å². The molecule has 0 heterocycles. The van der Waals surface area contributed by atoms with Gasteiger partial charge in [-0.25, -0.2) is 0 Å². The lowest BCUT2D eigenvalue weighted by Gasteiger charge is -2.17. The molecule has 0 radical (unpaired) electrons. The fourth-order valence-electron chi connectivity index (χ4n) is 3.33. The van der Waals surface area contributed by atoms with E-state index in [1.165, 1.54) is 0 Å². The number of rotatable bonds is 9. The van der Waals surface area contributed by atoms with Gasteiger partial charge in [0.15, 0.2) is 0 Å². The Kier molecular flexibility index (Phi) is 7.60. The van der Waals surface area contributed by atoms with Crippen molar-refractivity contribution in [3.05, 3.63) is 102 Å². The Hall–Kier alpha value is -2.91. The summed E-state index contributed by atoms with van der Waals surface area (Å²) < 4.78 is 19.4. The molecule has 0 atom stereocenters. The van der Waals surface area contributed by atoms with E-state index < -0.39 is 6.67 Å². The quantitative estimate of drug-likeness (QED) is 0.420. The Morgan fingerprint density at radius 2 is 1.31 bits per heavy atom. The lowest BCUT2D eigenvalue weighted by molar-refractivity contribution is 0.261. The van der Waals surface area contributed by atoms with Gasteiger partial charge >= 0.3 is 0 Å². The second-order valence-electron chi connectivity index (χ2n) is 7.20. The van der Waals surface area contributed by atoms with Crippen LogP contribution in [0.4, 0.5) is 4.39 Å². The van der Waals surface area contributed by atoms with Crippen LogP contribution in [0.1, 0.15) is 23.1 Å². The molecule has 0 amide bonds. The number of hydrogen-bond acceptors (Lipinski definition) is 2. The molecule has 3 aromatic carbocycles. The molecule has 0 fully saturated rings. The van der Waals surface area contributed by atoms with Gasteiger partial charge in [0.1, 0.15) is 12.4 Å². The average molecular weight is 390 g/mol. The molecule has 0 aliphatic heterocycles. The molecule has 0 aromatic heterocycles. The first-order valence-electron chi connectivity index (χ1n) is 9.97. The lowest BCUT2D eigenvalue weighted by Crippen LogP contribution is -2.19. The summed E-state index contributed by atoms with van der Waals surface area (Å²) in [5.74, 6) is 0.842. The van der Waals surface area contributed by atoms with E-state index >= 15 is 0 Å². The third-order valence-corrected chi connectivity index (χ3v) is 4.78. The monoisotopic (exact) mass is 389 g/mol. The van der Waals surface area contributed by atoms with Gasteiger partial charge in [-0.1, -0.05) is 72.8 Å². The minimum Gasteiger partial charge on any atom is -0.492 e. The maximum atomic E-state index is 13.5. The summed E-state index contributed by atoms with van der Waals surface area (Å²) in [5.41, 5.74) is 5.27. The number of likely N-dealkylation sites (N-methyl/N-ethyl adjacent to an activating group) is 1. The van der Waals surface area contributed by atoms with Crippen molar-refractivity contribution in [1.29, 1.82) is 0 Å². The fourth-order valence-corrected chi connectivity index (χ4v) is 3.33. The van der Waals surface area contributed by atoms with Gasteiger partial charge in [0, 0.05) is 13.0 Å². The summed E-state index contributed by atoms with van der Waals surface area (Å²) >= 11 is 0. The van der Waals surface area contributed by atoms with Gasteiger partial charge in [-0.05, 0) is 54.1 Å². The maximum absolute atomic E-state index is 13.5. The zero-order chi connectivity index (χ0) is 20.5. The summed E-state index contributed by atoms with van der Waals surface area (Å²) in [6.45, 7) is 1.11. The van der Waals surface area contributed by atoms with Crippen LogP contribution in [0.25, 0.3) is 11.1 Å². The van der Waals surface area contributed by atoms with E-state index in [9.17, 15) is 4.39 Å². The van der Waals surface area contributed by atoms with Crippen LogP contribution in [0.15, 0.2) is 84.9 Å². The van der Waals surface area contributed by atoms with Crippen molar-refractivity contribution in [2.45, 2.75) is 6.42 Å². The molecule has 0 saturated heterocycles. The highest BCUT2D eigenvalue weighted by Crippen LogP contribution is 2.35. The van der Waals surface area contributed by atoms with Gasteiger partial charge in [0.2, 0.25) is 0 Å². The first kappa shape index (κ1) is 20.8. The molecular weight excluding hydrogens is 361 g/mol. The average Bonchev–Trinajstić information content (AvgIpc) is 2.75. The standard InChI is InChI=1S/C26H28FNO/c1-28(2)19-20-29-24-15-13-23(14-16-24)26(22-11-7-4-8-12-22)25(17-18-27)21-9-5-3-6-10-21/h3-16H,17-20H2,1-2H3. The molecular formula is C26H28FNO. The number of nitrogens with zero attached hydrogens (tertiary/aromatic N) is 1. The number of allylic oxidation sites excluding steroid dienone is 1.